The summed E-state index contributed by atoms with van der Waals surface area (Å²) in [6, 6.07) is 14.8. The zero-order valence-electron chi connectivity index (χ0n) is 12.6. The summed E-state index contributed by atoms with van der Waals surface area (Å²) >= 11 is 1.70. The molecule has 0 bridgehead atoms. The minimum Gasteiger partial charge on any atom is -0.348 e. The predicted molar refractivity (Wildman–Crippen MR) is 92.6 cm³/mol. The van der Waals surface area contributed by atoms with Crippen molar-refractivity contribution < 1.29 is 0 Å². The fourth-order valence-electron chi connectivity index (χ4n) is 3.21. The topological polar surface area (TPSA) is 52.8 Å². The number of pyridine rings is 1. The van der Waals surface area contributed by atoms with E-state index in [-0.39, 0.29) is 5.41 Å². The third-order valence-electron chi connectivity index (χ3n) is 4.61. The van der Waals surface area contributed by atoms with Crippen LogP contribution in [0.4, 0.5) is 5.13 Å². The molecule has 2 aromatic heterocycles. The summed E-state index contributed by atoms with van der Waals surface area (Å²) in [5, 5.41) is 10.8. The molecule has 1 aliphatic heterocycles. The summed E-state index contributed by atoms with van der Waals surface area (Å²) in [7, 11) is 0. The van der Waals surface area contributed by atoms with E-state index in [2.05, 4.69) is 33.1 Å². The largest absolute Gasteiger partial charge is 0.348 e. The van der Waals surface area contributed by atoms with Gasteiger partial charge in [-0.3, -0.25) is 4.98 Å². The Balaban J connectivity index is 1.57. The molecule has 23 heavy (non-hydrogen) atoms. The Labute approximate surface area is 139 Å². The van der Waals surface area contributed by atoms with Gasteiger partial charge in [0.1, 0.15) is 5.52 Å². The third kappa shape index (κ3) is 2.45. The number of aromatic nitrogens is 2. The molecule has 0 radical (unpaired) electrons. The number of rotatable bonds is 2. The monoisotopic (exact) mass is 320 g/mol. The van der Waals surface area contributed by atoms with E-state index < -0.39 is 0 Å². The molecule has 3 heterocycles. The Morgan fingerprint density at radius 2 is 1.91 bits per heavy atom. The molecule has 5 heteroatoms. The number of thiazole rings is 1. The van der Waals surface area contributed by atoms with Crippen LogP contribution in [-0.4, -0.2) is 23.1 Å². The number of piperidine rings is 1. The van der Waals surface area contributed by atoms with E-state index in [1.165, 1.54) is 0 Å². The first kappa shape index (κ1) is 14.2. The summed E-state index contributed by atoms with van der Waals surface area (Å²) in [6.45, 7) is 1.71. The maximum Gasteiger partial charge on any atom is 0.186 e. The van der Waals surface area contributed by atoms with Gasteiger partial charge in [0.15, 0.2) is 5.13 Å². The van der Waals surface area contributed by atoms with Crippen LogP contribution < -0.4 is 4.90 Å². The van der Waals surface area contributed by atoms with Gasteiger partial charge in [-0.25, -0.2) is 4.98 Å². The molecule has 0 aliphatic carbocycles. The van der Waals surface area contributed by atoms with Gasteiger partial charge in [0.25, 0.3) is 0 Å². The fraction of sp³-hybridized carbons (Fsp3) is 0.278. The molecule has 0 saturated carbocycles. The first-order valence-electron chi connectivity index (χ1n) is 7.73. The van der Waals surface area contributed by atoms with Crippen LogP contribution in [0.1, 0.15) is 18.4 Å². The molecule has 114 valence electrons. The molecular formula is C18H16N4S. The number of anilines is 1. The maximum absolute atomic E-state index is 9.78. The van der Waals surface area contributed by atoms with Crippen molar-refractivity contribution in [1.82, 2.24) is 9.97 Å². The Bertz CT molecular complexity index is 824. The molecule has 3 aromatic rings. The summed E-state index contributed by atoms with van der Waals surface area (Å²) in [6.07, 6.45) is 5.28. The summed E-state index contributed by atoms with van der Waals surface area (Å²) in [4.78, 5) is 11.1. The number of hydrogen-bond donors (Lipinski definition) is 0. The Kier molecular flexibility index (Phi) is 3.47. The second-order valence-corrected chi connectivity index (χ2v) is 6.90. The van der Waals surface area contributed by atoms with Gasteiger partial charge < -0.3 is 4.90 Å². The zero-order valence-corrected chi connectivity index (χ0v) is 13.5. The molecule has 0 atom stereocenters. The Morgan fingerprint density at radius 1 is 1.13 bits per heavy atom. The number of benzene rings is 1. The maximum atomic E-state index is 9.78. The molecule has 0 spiro atoms. The van der Waals surface area contributed by atoms with Gasteiger partial charge in [-0.15, -0.1) is 0 Å². The van der Waals surface area contributed by atoms with Crippen LogP contribution in [0.5, 0.6) is 0 Å². The average molecular weight is 320 g/mol. The molecule has 1 aliphatic rings. The summed E-state index contributed by atoms with van der Waals surface area (Å²) in [5.41, 5.74) is 1.72. The fourth-order valence-corrected chi connectivity index (χ4v) is 4.19. The smallest absolute Gasteiger partial charge is 0.186 e. The van der Waals surface area contributed by atoms with Crippen molar-refractivity contribution in [3.63, 3.8) is 0 Å². The van der Waals surface area contributed by atoms with E-state index >= 15 is 0 Å². The molecule has 1 saturated heterocycles. The van der Waals surface area contributed by atoms with E-state index in [1.54, 1.807) is 17.5 Å². The highest BCUT2D eigenvalue weighted by molar-refractivity contribution is 7.22. The summed E-state index contributed by atoms with van der Waals surface area (Å²) < 4.78 is 1.16. The zero-order chi connectivity index (χ0) is 15.7. The van der Waals surface area contributed by atoms with E-state index in [9.17, 15) is 5.26 Å². The van der Waals surface area contributed by atoms with Crippen molar-refractivity contribution in [2.75, 3.05) is 18.0 Å². The van der Waals surface area contributed by atoms with Gasteiger partial charge in [0.05, 0.1) is 22.4 Å². The highest BCUT2D eigenvalue weighted by Gasteiger charge is 2.37. The van der Waals surface area contributed by atoms with Crippen molar-refractivity contribution in [2.45, 2.75) is 18.3 Å². The van der Waals surface area contributed by atoms with Gasteiger partial charge in [-0.2, -0.15) is 5.26 Å². The third-order valence-corrected chi connectivity index (χ3v) is 5.70. The lowest BCUT2D eigenvalue weighted by Gasteiger charge is -2.37. The molecule has 0 amide bonds. The van der Waals surface area contributed by atoms with Gasteiger partial charge in [0.2, 0.25) is 0 Å². The van der Waals surface area contributed by atoms with Crippen molar-refractivity contribution in [3.05, 3.63) is 54.4 Å². The minimum absolute atomic E-state index is 0.365. The van der Waals surface area contributed by atoms with Crippen molar-refractivity contribution in [3.8, 4) is 6.07 Å². The van der Waals surface area contributed by atoms with Gasteiger partial charge >= 0.3 is 0 Å². The van der Waals surface area contributed by atoms with Gasteiger partial charge in [-0.05, 0) is 24.5 Å². The van der Waals surface area contributed by atoms with E-state index in [0.29, 0.717) is 0 Å². The predicted octanol–water partition coefficient (Wildman–Crippen LogP) is 3.75. The summed E-state index contributed by atoms with van der Waals surface area (Å²) in [5.74, 6) is 0. The molecule has 0 N–H and O–H groups in total. The van der Waals surface area contributed by atoms with Crippen LogP contribution in [0.2, 0.25) is 0 Å². The average Bonchev–Trinajstić information content (AvgIpc) is 3.06. The quantitative estimate of drug-likeness (QED) is 0.721. The first-order valence-corrected chi connectivity index (χ1v) is 8.55. The second-order valence-electron chi connectivity index (χ2n) is 5.89. The van der Waals surface area contributed by atoms with Crippen molar-refractivity contribution in [1.29, 1.82) is 5.26 Å². The first-order chi connectivity index (χ1) is 11.3. The number of nitriles is 1. The lowest BCUT2D eigenvalue weighted by molar-refractivity contribution is 0.415. The van der Waals surface area contributed by atoms with E-state index in [4.69, 9.17) is 0 Å². The van der Waals surface area contributed by atoms with Crippen molar-refractivity contribution >= 4 is 26.7 Å². The highest BCUT2D eigenvalue weighted by Crippen LogP contribution is 2.38. The van der Waals surface area contributed by atoms with Crippen LogP contribution in [0.25, 0.3) is 10.2 Å². The van der Waals surface area contributed by atoms with Crippen LogP contribution in [-0.2, 0) is 5.41 Å². The number of nitrogens with zero attached hydrogens (tertiary/aromatic N) is 4. The molecule has 0 unspecified atom stereocenters. The van der Waals surface area contributed by atoms with E-state index in [0.717, 1.165) is 46.8 Å². The van der Waals surface area contributed by atoms with Crippen LogP contribution in [0.3, 0.4) is 0 Å². The van der Waals surface area contributed by atoms with Crippen molar-refractivity contribution in [2.24, 2.45) is 0 Å². The Morgan fingerprint density at radius 3 is 2.61 bits per heavy atom. The Hall–Kier alpha value is -2.45. The van der Waals surface area contributed by atoms with Gasteiger partial charge in [0, 0.05) is 19.3 Å². The van der Waals surface area contributed by atoms with Gasteiger partial charge in [-0.1, -0.05) is 41.7 Å². The lowest BCUT2D eigenvalue weighted by Crippen LogP contribution is -2.41. The number of hydrogen-bond acceptors (Lipinski definition) is 5. The minimum atomic E-state index is -0.365. The van der Waals surface area contributed by atoms with E-state index in [1.807, 2.05) is 30.5 Å². The van der Waals surface area contributed by atoms with Crippen LogP contribution in [0, 0.1) is 11.3 Å². The normalized spacial score (nSPS) is 17.1. The van der Waals surface area contributed by atoms with Crippen LogP contribution >= 0.6 is 11.3 Å². The molecule has 1 aromatic carbocycles. The van der Waals surface area contributed by atoms with Crippen LogP contribution in [0.15, 0.2) is 48.8 Å². The molecule has 4 rings (SSSR count). The molecule has 1 fully saturated rings. The lowest BCUT2D eigenvalue weighted by atomic mass is 9.74. The molecule has 4 nitrogen and oxygen atoms in total. The molecular weight excluding hydrogens is 304 g/mol. The second kappa shape index (κ2) is 5.64. The highest BCUT2D eigenvalue weighted by atomic mass is 32.1. The SMILES string of the molecule is N#CC1(c2ccccc2)CCN(c2nc3cnccc3s2)CC1. The standard InChI is InChI=1S/C18H16N4S/c19-13-18(14-4-2-1-3-5-14)7-10-22(11-8-18)17-21-15-12-20-9-6-16(15)23-17/h1-6,9,12H,7-8,10-11H2. The number of fused-ring (bicyclic) bond motifs is 1.